The molecule has 1 fully saturated rings. The highest BCUT2D eigenvalue weighted by Gasteiger charge is 2.31. The van der Waals surface area contributed by atoms with Crippen LogP contribution in [-0.4, -0.2) is 27.4 Å². The van der Waals surface area contributed by atoms with Gasteiger partial charge in [-0.1, -0.05) is 6.08 Å². The van der Waals surface area contributed by atoms with E-state index in [0.29, 0.717) is 11.6 Å². The van der Waals surface area contributed by atoms with Gasteiger partial charge in [-0.3, -0.25) is 9.63 Å². The first-order valence-electron chi connectivity index (χ1n) is 5.21. The standard InChI is InChI=1S/C10H14N4O2/c1-3-6(2)16-13-10(15)9-8(7-4-5-7)11-14-12-9/h3,6-7H,1,4-5H2,2H3,(H,13,15)(H,11,12,14). The fourth-order valence-electron chi connectivity index (χ4n) is 1.29. The number of nitrogens with zero attached hydrogens (tertiary/aromatic N) is 2. The van der Waals surface area contributed by atoms with Gasteiger partial charge >= 0.3 is 0 Å². The molecular formula is C10H14N4O2. The van der Waals surface area contributed by atoms with Gasteiger partial charge in [-0.25, -0.2) is 5.48 Å². The molecule has 0 aromatic carbocycles. The summed E-state index contributed by atoms with van der Waals surface area (Å²) in [6.45, 7) is 5.32. The zero-order chi connectivity index (χ0) is 11.5. The van der Waals surface area contributed by atoms with Crippen molar-refractivity contribution < 1.29 is 9.63 Å². The molecule has 2 N–H and O–H groups in total. The van der Waals surface area contributed by atoms with Crippen molar-refractivity contribution in [3.05, 3.63) is 24.0 Å². The maximum absolute atomic E-state index is 11.7. The van der Waals surface area contributed by atoms with E-state index in [-0.39, 0.29) is 12.0 Å². The molecule has 0 saturated heterocycles. The van der Waals surface area contributed by atoms with Crippen molar-refractivity contribution in [3.8, 4) is 0 Å². The minimum Gasteiger partial charge on any atom is -0.266 e. The quantitative estimate of drug-likeness (QED) is 0.573. The maximum atomic E-state index is 11.7. The molecule has 1 aromatic rings. The Balaban J connectivity index is 1.97. The first-order chi connectivity index (χ1) is 7.72. The zero-order valence-corrected chi connectivity index (χ0v) is 9.06. The van der Waals surface area contributed by atoms with Gasteiger partial charge in [0.1, 0.15) is 6.10 Å². The molecule has 1 unspecified atom stereocenters. The Morgan fingerprint density at radius 1 is 1.69 bits per heavy atom. The van der Waals surface area contributed by atoms with Gasteiger partial charge < -0.3 is 0 Å². The van der Waals surface area contributed by atoms with Crippen LogP contribution in [0.3, 0.4) is 0 Å². The van der Waals surface area contributed by atoms with Crippen LogP contribution < -0.4 is 5.48 Å². The van der Waals surface area contributed by atoms with E-state index in [2.05, 4.69) is 27.5 Å². The number of rotatable bonds is 5. The van der Waals surface area contributed by atoms with E-state index < -0.39 is 0 Å². The number of H-pyrrole nitrogens is 1. The predicted molar refractivity (Wildman–Crippen MR) is 56.6 cm³/mol. The van der Waals surface area contributed by atoms with Crippen LogP contribution in [0.5, 0.6) is 0 Å². The zero-order valence-electron chi connectivity index (χ0n) is 9.06. The highest BCUT2D eigenvalue weighted by molar-refractivity contribution is 5.92. The van der Waals surface area contributed by atoms with Gasteiger partial charge in [-0.15, -0.1) is 6.58 Å². The summed E-state index contributed by atoms with van der Waals surface area (Å²) in [5.41, 5.74) is 3.37. The Morgan fingerprint density at radius 2 is 2.44 bits per heavy atom. The molecule has 86 valence electrons. The van der Waals surface area contributed by atoms with E-state index >= 15 is 0 Å². The molecular weight excluding hydrogens is 208 g/mol. The summed E-state index contributed by atoms with van der Waals surface area (Å²) in [5.74, 6) is 0.000628. The summed E-state index contributed by atoms with van der Waals surface area (Å²) < 4.78 is 0. The number of hydrogen-bond acceptors (Lipinski definition) is 4. The van der Waals surface area contributed by atoms with Crippen LogP contribution in [0.25, 0.3) is 0 Å². The number of hydrogen-bond donors (Lipinski definition) is 2. The number of aromatic nitrogens is 3. The minimum atomic E-state index is -0.371. The summed E-state index contributed by atoms with van der Waals surface area (Å²) in [4.78, 5) is 16.7. The molecule has 6 nitrogen and oxygen atoms in total. The Labute approximate surface area is 93.0 Å². The molecule has 1 aliphatic carbocycles. The molecule has 1 saturated carbocycles. The van der Waals surface area contributed by atoms with E-state index in [1.165, 1.54) is 0 Å². The second kappa shape index (κ2) is 4.44. The van der Waals surface area contributed by atoms with E-state index in [1.807, 2.05) is 0 Å². The van der Waals surface area contributed by atoms with Crippen molar-refractivity contribution in [2.75, 3.05) is 0 Å². The van der Waals surface area contributed by atoms with Crippen molar-refractivity contribution in [2.45, 2.75) is 31.8 Å². The number of hydroxylamine groups is 1. The van der Waals surface area contributed by atoms with Crippen molar-refractivity contribution in [3.63, 3.8) is 0 Å². The monoisotopic (exact) mass is 222 g/mol. The maximum Gasteiger partial charge on any atom is 0.297 e. The van der Waals surface area contributed by atoms with Crippen LogP contribution in [0.1, 0.15) is 41.9 Å². The third kappa shape index (κ3) is 2.27. The van der Waals surface area contributed by atoms with Gasteiger partial charge in [0.25, 0.3) is 5.91 Å². The second-order valence-corrected chi connectivity index (χ2v) is 3.82. The fraction of sp³-hybridized carbons (Fsp3) is 0.500. The number of carbonyl (C=O) groups is 1. The Kier molecular flexibility index (Phi) is 3.00. The molecule has 0 aliphatic heterocycles. The van der Waals surface area contributed by atoms with E-state index in [1.54, 1.807) is 13.0 Å². The van der Waals surface area contributed by atoms with Crippen molar-refractivity contribution in [1.29, 1.82) is 0 Å². The lowest BCUT2D eigenvalue weighted by Gasteiger charge is -2.07. The molecule has 2 rings (SSSR count). The molecule has 0 spiro atoms. The highest BCUT2D eigenvalue weighted by atomic mass is 16.7. The molecule has 16 heavy (non-hydrogen) atoms. The molecule has 1 aliphatic rings. The first kappa shape index (κ1) is 10.8. The normalized spacial score (nSPS) is 16.8. The van der Waals surface area contributed by atoms with Crippen LogP contribution in [0.15, 0.2) is 12.7 Å². The van der Waals surface area contributed by atoms with Crippen LogP contribution in [0, 0.1) is 0 Å². The number of carbonyl (C=O) groups excluding carboxylic acids is 1. The second-order valence-electron chi connectivity index (χ2n) is 3.82. The average molecular weight is 222 g/mol. The average Bonchev–Trinajstić information content (AvgIpc) is 3.03. The lowest BCUT2D eigenvalue weighted by molar-refractivity contribution is 0.0109. The van der Waals surface area contributed by atoms with Crippen LogP contribution in [0.4, 0.5) is 0 Å². The first-order valence-corrected chi connectivity index (χ1v) is 5.21. The summed E-state index contributed by atoms with van der Waals surface area (Å²) in [7, 11) is 0. The predicted octanol–water partition coefficient (Wildman–Crippen LogP) is 0.918. The molecule has 1 amide bonds. The van der Waals surface area contributed by atoms with Crippen molar-refractivity contribution in [2.24, 2.45) is 0 Å². The van der Waals surface area contributed by atoms with Gasteiger partial charge in [0.15, 0.2) is 5.69 Å². The Morgan fingerprint density at radius 3 is 3.06 bits per heavy atom. The number of amides is 1. The van der Waals surface area contributed by atoms with Crippen molar-refractivity contribution in [1.82, 2.24) is 20.9 Å². The van der Waals surface area contributed by atoms with Crippen LogP contribution in [-0.2, 0) is 4.84 Å². The van der Waals surface area contributed by atoms with E-state index in [4.69, 9.17) is 4.84 Å². The molecule has 1 heterocycles. The Hall–Kier alpha value is -1.69. The lowest BCUT2D eigenvalue weighted by atomic mass is 10.2. The number of nitrogens with one attached hydrogen (secondary N) is 2. The van der Waals surface area contributed by atoms with E-state index in [0.717, 1.165) is 18.5 Å². The molecule has 1 aromatic heterocycles. The Bertz CT molecular complexity index is 397. The fourth-order valence-corrected chi connectivity index (χ4v) is 1.29. The summed E-state index contributed by atoms with van der Waals surface area (Å²) in [5, 5.41) is 10.3. The summed E-state index contributed by atoms with van der Waals surface area (Å²) in [6.07, 6.45) is 3.48. The van der Waals surface area contributed by atoms with Gasteiger partial charge in [0.2, 0.25) is 0 Å². The van der Waals surface area contributed by atoms with Crippen molar-refractivity contribution >= 4 is 5.91 Å². The summed E-state index contributed by atoms with van der Waals surface area (Å²) >= 11 is 0. The third-order valence-corrected chi connectivity index (χ3v) is 2.42. The molecule has 6 heteroatoms. The molecule has 0 radical (unpaired) electrons. The van der Waals surface area contributed by atoms with Crippen LogP contribution in [0.2, 0.25) is 0 Å². The SMILES string of the molecule is C=CC(C)ONC(=O)c1n[nH]nc1C1CC1. The smallest absolute Gasteiger partial charge is 0.266 e. The van der Waals surface area contributed by atoms with Gasteiger partial charge in [-0.05, 0) is 19.8 Å². The van der Waals surface area contributed by atoms with Gasteiger partial charge in [-0.2, -0.15) is 15.4 Å². The summed E-state index contributed by atoms with van der Waals surface area (Å²) in [6, 6.07) is 0. The number of aromatic amines is 1. The van der Waals surface area contributed by atoms with E-state index in [9.17, 15) is 4.79 Å². The molecule has 0 bridgehead atoms. The largest absolute Gasteiger partial charge is 0.297 e. The third-order valence-electron chi connectivity index (χ3n) is 2.42. The van der Waals surface area contributed by atoms with Gasteiger partial charge in [0, 0.05) is 5.92 Å². The molecule has 1 atom stereocenters. The highest BCUT2D eigenvalue weighted by Crippen LogP contribution is 2.39. The lowest BCUT2D eigenvalue weighted by Crippen LogP contribution is -2.28. The van der Waals surface area contributed by atoms with Gasteiger partial charge in [0.05, 0.1) is 5.69 Å². The van der Waals surface area contributed by atoms with Crippen LogP contribution >= 0.6 is 0 Å². The topological polar surface area (TPSA) is 79.9 Å². The minimum absolute atomic E-state index is 0.236.